The van der Waals surface area contributed by atoms with Gasteiger partial charge in [-0.3, -0.25) is 0 Å². The summed E-state index contributed by atoms with van der Waals surface area (Å²) in [5.41, 5.74) is 1.24. The minimum Gasteiger partial charge on any atom is -0.333 e. The molecule has 1 aliphatic carbocycles. The Morgan fingerprint density at radius 3 is 3.14 bits per heavy atom. The zero-order valence-corrected chi connectivity index (χ0v) is 7.80. The van der Waals surface area contributed by atoms with Crippen molar-refractivity contribution >= 4 is 0 Å². The van der Waals surface area contributed by atoms with Gasteiger partial charge in [0.15, 0.2) is 0 Å². The third-order valence-corrected chi connectivity index (χ3v) is 2.27. The van der Waals surface area contributed by atoms with Crippen LogP contribution in [0, 0.1) is 17.2 Å². The Hall–Kier alpha value is -1.82. The van der Waals surface area contributed by atoms with Crippen LogP contribution in [0.15, 0.2) is 42.5 Å². The van der Waals surface area contributed by atoms with Gasteiger partial charge < -0.3 is 4.57 Å². The van der Waals surface area contributed by atoms with Gasteiger partial charge in [0, 0.05) is 18.9 Å². The molecule has 1 aliphatic rings. The van der Waals surface area contributed by atoms with E-state index in [0.29, 0.717) is 0 Å². The van der Waals surface area contributed by atoms with Crippen molar-refractivity contribution in [3.05, 3.63) is 42.5 Å². The predicted molar refractivity (Wildman–Crippen MR) is 53.2 cm³/mol. The Labute approximate surface area is 83.0 Å². The average Bonchev–Trinajstić information content (AvgIpc) is 2.72. The molecule has 0 fully saturated rings. The van der Waals surface area contributed by atoms with Crippen LogP contribution >= 0.6 is 0 Å². The van der Waals surface area contributed by atoms with Crippen LogP contribution in [-0.4, -0.2) is 9.55 Å². The zero-order chi connectivity index (χ0) is 9.80. The maximum Gasteiger partial charge on any atom is 0.0949 e. The van der Waals surface area contributed by atoms with E-state index in [4.69, 9.17) is 5.26 Å². The number of hydrogen-bond donors (Lipinski definition) is 0. The van der Waals surface area contributed by atoms with E-state index in [1.165, 1.54) is 5.57 Å². The molecule has 0 aromatic carbocycles. The van der Waals surface area contributed by atoms with E-state index in [1.807, 2.05) is 22.9 Å². The molecule has 70 valence electrons. The van der Waals surface area contributed by atoms with E-state index in [0.717, 1.165) is 13.0 Å². The lowest BCUT2D eigenvalue weighted by Crippen LogP contribution is -2.02. The van der Waals surface area contributed by atoms with Gasteiger partial charge in [-0.05, 0) is 12.0 Å². The molecule has 0 aliphatic heterocycles. The van der Waals surface area contributed by atoms with E-state index in [1.54, 1.807) is 12.5 Å². The Bertz CT molecular complexity index is 393. The minimum absolute atomic E-state index is 0.0570. The number of allylic oxidation sites excluding steroid dienone is 4. The molecule has 2 rings (SSSR count). The Morgan fingerprint density at radius 1 is 1.64 bits per heavy atom. The normalized spacial score (nSPS) is 20.2. The molecule has 0 saturated heterocycles. The summed E-state index contributed by atoms with van der Waals surface area (Å²) in [4.78, 5) is 3.98. The van der Waals surface area contributed by atoms with Gasteiger partial charge in [-0.15, -0.1) is 0 Å². The van der Waals surface area contributed by atoms with Crippen LogP contribution in [0.1, 0.15) is 6.42 Å². The average molecular weight is 185 g/mol. The molecule has 0 saturated carbocycles. The van der Waals surface area contributed by atoms with E-state index < -0.39 is 0 Å². The van der Waals surface area contributed by atoms with E-state index in [-0.39, 0.29) is 5.92 Å². The van der Waals surface area contributed by atoms with Gasteiger partial charge >= 0.3 is 0 Å². The second-order valence-corrected chi connectivity index (χ2v) is 3.34. The molecule has 1 heterocycles. The number of imidazole rings is 1. The van der Waals surface area contributed by atoms with Crippen molar-refractivity contribution < 1.29 is 0 Å². The quantitative estimate of drug-likeness (QED) is 0.706. The van der Waals surface area contributed by atoms with Crippen LogP contribution in [0.3, 0.4) is 0 Å². The van der Waals surface area contributed by atoms with Crippen molar-refractivity contribution in [2.45, 2.75) is 13.0 Å². The zero-order valence-electron chi connectivity index (χ0n) is 7.80. The van der Waals surface area contributed by atoms with E-state index in [9.17, 15) is 0 Å². The summed E-state index contributed by atoms with van der Waals surface area (Å²) in [7, 11) is 0. The second-order valence-electron chi connectivity index (χ2n) is 3.34. The minimum atomic E-state index is 0.0570. The first-order valence-electron chi connectivity index (χ1n) is 4.61. The largest absolute Gasteiger partial charge is 0.333 e. The molecule has 0 bridgehead atoms. The lowest BCUT2D eigenvalue weighted by molar-refractivity contribution is 0.760. The van der Waals surface area contributed by atoms with Gasteiger partial charge in [-0.1, -0.05) is 18.2 Å². The maximum absolute atomic E-state index is 8.69. The highest BCUT2D eigenvalue weighted by Gasteiger charge is 2.06. The summed E-state index contributed by atoms with van der Waals surface area (Å²) in [6.45, 7) is 0.842. The Balaban J connectivity index is 2.00. The van der Waals surface area contributed by atoms with Gasteiger partial charge in [-0.2, -0.15) is 5.26 Å². The second kappa shape index (κ2) is 3.93. The highest BCUT2D eigenvalue weighted by Crippen LogP contribution is 2.16. The first-order valence-corrected chi connectivity index (χ1v) is 4.61. The topological polar surface area (TPSA) is 41.6 Å². The summed E-state index contributed by atoms with van der Waals surface area (Å²) < 4.78 is 2.02. The molecule has 0 N–H and O–H groups in total. The molecule has 1 aromatic heterocycles. The SMILES string of the molecule is N#CC1C=CC(Cn2ccnc2)=CC1. The molecule has 0 radical (unpaired) electrons. The van der Waals surface area contributed by atoms with Crippen molar-refractivity contribution in [1.82, 2.24) is 9.55 Å². The first kappa shape index (κ1) is 8.76. The fourth-order valence-corrected chi connectivity index (χ4v) is 1.47. The van der Waals surface area contributed by atoms with Gasteiger partial charge in [0.2, 0.25) is 0 Å². The standard InChI is InChI=1S/C11H11N3/c12-7-10-1-3-11(4-2-10)8-14-6-5-13-9-14/h1,3-6,9-10H,2,8H2. The van der Waals surface area contributed by atoms with Crippen molar-refractivity contribution in [2.75, 3.05) is 0 Å². The van der Waals surface area contributed by atoms with Crippen LogP contribution in [0.5, 0.6) is 0 Å². The molecule has 1 atom stereocenters. The third-order valence-electron chi connectivity index (χ3n) is 2.27. The molecular weight excluding hydrogens is 174 g/mol. The van der Waals surface area contributed by atoms with Crippen LogP contribution in [-0.2, 0) is 6.54 Å². The van der Waals surface area contributed by atoms with Gasteiger partial charge in [0.05, 0.1) is 18.3 Å². The van der Waals surface area contributed by atoms with Crippen molar-refractivity contribution in [2.24, 2.45) is 5.92 Å². The summed E-state index contributed by atoms with van der Waals surface area (Å²) in [5.74, 6) is 0.0570. The maximum atomic E-state index is 8.69. The third kappa shape index (κ3) is 1.91. The van der Waals surface area contributed by atoms with Crippen LogP contribution < -0.4 is 0 Å². The molecule has 1 unspecified atom stereocenters. The fraction of sp³-hybridized carbons (Fsp3) is 0.273. The Kier molecular flexibility index (Phi) is 2.46. The molecule has 0 spiro atoms. The lowest BCUT2D eigenvalue weighted by Gasteiger charge is -2.10. The van der Waals surface area contributed by atoms with Gasteiger partial charge in [-0.25, -0.2) is 4.98 Å². The molecule has 14 heavy (non-hydrogen) atoms. The number of aromatic nitrogens is 2. The van der Waals surface area contributed by atoms with Crippen molar-refractivity contribution in [3.8, 4) is 6.07 Å². The molecule has 3 nitrogen and oxygen atoms in total. The van der Waals surface area contributed by atoms with E-state index in [2.05, 4.69) is 17.1 Å². The van der Waals surface area contributed by atoms with Gasteiger partial charge in [0.25, 0.3) is 0 Å². The number of rotatable bonds is 2. The number of hydrogen-bond acceptors (Lipinski definition) is 2. The smallest absolute Gasteiger partial charge is 0.0949 e. The summed E-state index contributed by atoms with van der Waals surface area (Å²) in [6.07, 6.45) is 12.4. The summed E-state index contributed by atoms with van der Waals surface area (Å²) >= 11 is 0. The lowest BCUT2D eigenvalue weighted by atomic mass is 9.98. The molecular formula is C11H11N3. The van der Waals surface area contributed by atoms with Crippen LogP contribution in [0.4, 0.5) is 0 Å². The van der Waals surface area contributed by atoms with Crippen molar-refractivity contribution in [3.63, 3.8) is 0 Å². The van der Waals surface area contributed by atoms with E-state index >= 15 is 0 Å². The molecule has 0 amide bonds. The summed E-state index contributed by atoms with van der Waals surface area (Å²) in [6, 6.07) is 2.23. The predicted octanol–water partition coefficient (Wildman–Crippen LogP) is 1.91. The number of nitriles is 1. The fourth-order valence-electron chi connectivity index (χ4n) is 1.47. The highest BCUT2D eigenvalue weighted by molar-refractivity contribution is 5.26. The van der Waals surface area contributed by atoms with Crippen molar-refractivity contribution in [1.29, 1.82) is 5.26 Å². The van der Waals surface area contributed by atoms with Crippen LogP contribution in [0.25, 0.3) is 0 Å². The summed E-state index contributed by atoms with van der Waals surface area (Å²) in [5, 5.41) is 8.69. The highest BCUT2D eigenvalue weighted by atomic mass is 15.0. The Morgan fingerprint density at radius 2 is 2.57 bits per heavy atom. The van der Waals surface area contributed by atoms with Crippen LogP contribution in [0.2, 0.25) is 0 Å². The number of nitrogens with zero attached hydrogens (tertiary/aromatic N) is 3. The molecule has 3 heteroatoms. The van der Waals surface area contributed by atoms with Gasteiger partial charge in [0.1, 0.15) is 0 Å². The molecule has 1 aromatic rings. The first-order chi connectivity index (χ1) is 6.88. The monoisotopic (exact) mass is 185 g/mol.